The molecule has 0 spiro atoms. The second kappa shape index (κ2) is 7.00. The van der Waals surface area contributed by atoms with Gasteiger partial charge < -0.3 is 20.2 Å². The van der Waals surface area contributed by atoms with Crippen LogP contribution in [0, 0.1) is 0 Å². The summed E-state index contributed by atoms with van der Waals surface area (Å²) in [4.78, 5) is 20.3. The molecule has 120 valence electrons. The van der Waals surface area contributed by atoms with E-state index in [9.17, 15) is 9.90 Å². The van der Waals surface area contributed by atoms with Crippen LogP contribution in [-0.4, -0.2) is 47.2 Å². The third kappa shape index (κ3) is 3.71. The van der Waals surface area contributed by atoms with Crippen molar-refractivity contribution in [2.45, 2.75) is 6.54 Å². The van der Waals surface area contributed by atoms with Crippen LogP contribution in [0.25, 0.3) is 0 Å². The monoisotopic (exact) mass is 312 g/mol. The number of rotatable bonds is 3. The Bertz CT molecular complexity index is 655. The molecule has 2 aromatic rings. The van der Waals surface area contributed by atoms with Crippen molar-refractivity contribution in [3.63, 3.8) is 0 Å². The number of hydrogen-bond acceptors (Lipinski definition) is 4. The number of nitrogens with zero attached hydrogens (tertiary/aromatic N) is 3. The maximum absolute atomic E-state index is 12.2. The molecule has 0 aliphatic carbocycles. The van der Waals surface area contributed by atoms with Crippen molar-refractivity contribution in [2.75, 3.05) is 31.1 Å². The summed E-state index contributed by atoms with van der Waals surface area (Å²) >= 11 is 0. The van der Waals surface area contributed by atoms with Crippen molar-refractivity contribution in [3.05, 3.63) is 54.4 Å². The number of pyridine rings is 1. The smallest absolute Gasteiger partial charge is 0.317 e. The highest BCUT2D eigenvalue weighted by Crippen LogP contribution is 2.27. The lowest BCUT2D eigenvalue weighted by Gasteiger charge is -2.36. The molecule has 0 atom stereocenters. The van der Waals surface area contributed by atoms with Crippen LogP contribution in [0.15, 0.2) is 48.7 Å². The van der Waals surface area contributed by atoms with Gasteiger partial charge in [0.1, 0.15) is 5.75 Å². The van der Waals surface area contributed by atoms with E-state index in [-0.39, 0.29) is 11.8 Å². The van der Waals surface area contributed by atoms with Crippen molar-refractivity contribution >= 4 is 11.7 Å². The number of aromatic nitrogens is 1. The summed E-state index contributed by atoms with van der Waals surface area (Å²) < 4.78 is 0. The zero-order chi connectivity index (χ0) is 16.1. The Morgan fingerprint density at radius 2 is 1.83 bits per heavy atom. The number of hydrogen-bond donors (Lipinski definition) is 2. The topological polar surface area (TPSA) is 68.7 Å². The van der Waals surface area contributed by atoms with Gasteiger partial charge in [-0.15, -0.1) is 0 Å². The number of para-hydroxylation sites is 2. The number of carbonyl (C=O) groups is 1. The first-order valence-electron chi connectivity index (χ1n) is 7.69. The van der Waals surface area contributed by atoms with E-state index < -0.39 is 0 Å². The van der Waals surface area contributed by atoms with Crippen LogP contribution in [0.3, 0.4) is 0 Å². The van der Waals surface area contributed by atoms with Gasteiger partial charge in [-0.25, -0.2) is 4.79 Å². The van der Waals surface area contributed by atoms with Gasteiger partial charge in [0.2, 0.25) is 0 Å². The minimum Gasteiger partial charge on any atom is -0.506 e. The number of phenols is 1. The minimum atomic E-state index is -0.0763. The standard InChI is InChI=1S/C17H20N4O2/c22-16-7-2-1-6-15(16)20-9-11-21(12-10-20)17(23)19-13-14-5-3-4-8-18-14/h1-8,22H,9-13H2,(H,19,23). The van der Waals surface area contributed by atoms with Crippen LogP contribution in [-0.2, 0) is 6.54 Å². The van der Waals surface area contributed by atoms with E-state index >= 15 is 0 Å². The summed E-state index contributed by atoms with van der Waals surface area (Å²) in [6, 6.07) is 12.8. The first-order chi connectivity index (χ1) is 11.2. The van der Waals surface area contributed by atoms with Gasteiger partial charge in [0.25, 0.3) is 0 Å². The number of carbonyl (C=O) groups excluding carboxylic acids is 1. The van der Waals surface area contributed by atoms with Crippen molar-refractivity contribution in [1.82, 2.24) is 15.2 Å². The molecular formula is C17H20N4O2. The molecule has 1 saturated heterocycles. The van der Waals surface area contributed by atoms with Crippen LogP contribution in [0.4, 0.5) is 10.5 Å². The van der Waals surface area contributed by atoms with E-state index in [4.69, 9.17) is 0 Å². The SMILES string of the molecule is O=C(NCc1ccccn1)N1CCN(c2ccccc2O)CC1. The molecule has 1 fully saturated rings. The number of amides is 2. The Kier molecular flexibility index (Phi) is 4.61. The maximum atomic E-state index is 12.2. The van der Waals surface area contributed by atoms with E-state index in [0.717, 1.165) is 11.4 Å². The summed E-state index contributed by atoms with van der Waals surface area (Å²) in [5.74, 6) is 0.278. The van der Waals surface area contributed by atoms with Crippen molar-refractivity contribution in [3.8, 4) is 5.75 Å². The molecule has 1 aromatic heterocycles. The predicted octanol–water partition coefficient (Wildman–Crippen LogP) is 1.82. The second-order valence-electron chi connectivity index (χ2n) is 5.44. The second-order valence-corrected chi connectivity index (χ2v) is 5.44. The Balaban J connectivity index is 1.50. The first kappa shape index (κ1) is 15.1. The molecule has 6 heteroatoms. The summed E-state index contributed by atoms with van der Waals surface area (Å²) in [6.45, 7) is 3.09. The van der Waals surface area contributed by atoms with Crippen LogP contribution >= 0.6 is 0 Å². The number of anilines is 1. The fourth-order valence-corrected chi connectivity index (χ4v) is 2.66. The molecule has 6 nitrogen and oxygen atoms in total. The fourth-order valence-electron chi connectivity index (χ4n) is 2.66. The average Bonchev–Trinajstić information content (AvgIpc) is 2.61. The number of piperazine rings is 1. The van der Waals surface area contributed by atoms with Crippen molar-refractivity contribution in [2.24, 2.45) is 0 Å². The van der Waals surface area contributed by atoms with Crippen LogP contribution < -0.4 is 10.2 Å². The lowest BCUT2D eigenvalue weighted by Crippen LogP contribution is -2.51. The van der Waals surface area contributed by atoms with Gasteiger partial charge in [-0.1, -0.05) is 18.2 Å². The number of urea groups is 1. The molecule has 1 aliphatic heterocycles. The number of phenolic OH excluding ortho intramolecular Hbond substituents is 1. The predicted molar refractivity (Wildman–Crippen MR) is 88.4 cm³/mol. The normalized spacial score (nSPS) is 14.6. The molecule has 2 amide bonds. The highest BCUT2D eigenvalue weighted by molar-refractivity contribution is 5.74. The molecule has 3 rings (SSSR count). The summed E-state index contributed by atoms with van der Waals surface area (Å²) in [7, 11) is 0. The molecule has 0 unspecified atom stereocenters. The maximum Gasteiger partial charge on any atom is 0.317 e. The molecule has 1 aromatic carbocycles. The molecule has 2 heterocycles. The van der Waals surface area contributed by atoms with Crippen LogP contribution in [0.2, 0.25) is 0 Å². The zero-order valence-corrected chi connectivity index (χ0v) is 12.9. The van der Waals surface area contributed by atoms with E-state index in [1.165, 1.54) is 0 Å². The van der Waals surface area contributed by atoms with Gasteiger partial charge in [-0.3, -0.25) is 4.98 Å². The Labute approximate surface area is 135 Å². The summed E-state index contributed by atoms with van der Waals surface area (Å²) in [5, 5.41) is 12.8. The molecule has 1 aliphatic rings. The van der Waals surface area contributed by atoms with Gasteiger partial charge in [0.15, 0.2) is 0 Å². The number of benzene rings is 1. The first-order valence-corrected chi connectivity index (χ1v) is 7.69. The number of aromatic hydroxyl groups is 1. The van der Waals surface area contributed by atoms with Crippen molar-refractivity contribution < 1.29 is 9.90 Å². The van der Waals surface area contributed by atoms with E-state index in [1.807, 2.05) is 30.3 Å². The fraction of sp³-hybridized carbons (Fsp3) is 0.294. The Morgan fingerprint density at radius 3 is 2.52 bits per heavy atom. The Morgan fingerprint density at radius 1 is 1.09 bits per heavy atom. The Hall–Kier alpha value is -2.76. The average molecular weight is 312 g/mol. The highest BCUT2D eigenvalue weighted by atomic mass is 16.3. The van der Waals surface area contributed by atoms with Crippen molar-refractivity contribution in [1.29, 1.82) is 0 Å². The van der Waals surface area contributed by atoms with E-state index in [1.54, 1.807) is 23.2 Å². The zero-order valence-electron chi connectivity index (χ0n) is 12.9. The third-order valence-corrected chi connectivity index (χ3v) is 3.94. The summed E-state index contributed by atoms with van der Waals surface area (Å²) in [5.41, 5.74) is 1.66. The molecular weight excluding hydrogens is 292 g/mol. The molecule has 23 heavy (non-hydrogen) atoms. The lowest BCUT2D eigenvalue weighted by atomic mass is 10.2. The molecule has 0 radical (unpaired) electrons. The van der Waals surface area contributed by atoms with E-state index in [0.29, 0.717) is 32.7 Å². The third-order valence-electron chi connectivity index (χ3n) is 3.94. The highest BCUT2D eigenvalue weighted by Gasteiger charge is 2.22. The quantitative estimate of drug-likeness (QED) is 0.907. The van der Waals surface area contributed by atoms with Gasteiger partial charge in [0.05, 0.1) is 17.9 Å². The van der Waals surface area contributed by atoms with Gasteiger partial charge in [-0.05, 0) is 24.3 Å². The van der Waals surface area contributed by atoms with E-state index in [2.05, 4.69) is 15.2 Å². The molecule has 2 N–H and O–H groups in total. The van der Waals surface area contributed by atoms with Crippen LogP contribution in [0.5, 0.6) is 5.75 Å². The van der Waals surface area contributed by atoms with Gasteiger partial charge in [-0.2, -0.15) is 0 Å². The molecule has 0 saturated carbocycles. The number of nitrogens with one attached hydrogen (secondary N) is 1. The largest absolute Gasteiger partial charge is 0.506 e. The van der Waals surface area contributed by atoms with Crippen LogP contribution in [0.1, 0.15) is 5.69 Å². The summed E-state index contributed by atoms with van der Waals surface area (Å²) in [6.07, 6.45) is 1.71. The lowest BCUT2D eigenvalue weighted by molar-refractivity contribution is 0.193. The molecule has 0 bridgehead atoms. The van der Waals surface area contributed by atoms with Gasteiger partial charge in [0, 0.05) is 32.4 Å². The minimum absolute atomic E-state index is 0.0763. The van der Waals surface area contributed by atoms with Gasteiger partial charge >= 0.3 is 6.03 Å².